The second-order valence-electron chi connectivity index (χ2n) is 3.45. The lowest BCUT2D eigenvalue weighted by Crippen LogP contribution is -2.14. The van der Waals surface area contributed by atoms with Crippen LogP contribution in [0, 0.1) is 0 Å². The zero-order valence-corrected chi connectivity index (χ0v) is 11.9. The van der Waals surface area contributed by atoms with E-state index in [1.807, 2.05) is 6.07 Å². The van der Waals surface area contributed by atoms with Crippen LogP contribution in [0.25, 0.3) is 0 Å². The number of hydrogen-bond acceptors (Lipinski definition) is 3. The molecule has 18 heavy (non-hydrogen) atoms. The minimum absolute atomic E-state index is 0.216. The number of rotatable bonds is 7. The molecule has 0 aliphatic carbocycles. The molecule has 3 nitrogen and oxygen atoms in total. The number of nitrogens with one attached hydrogen (secondary N) is 1. The van der Waals surface area contributed by atoms with Gasteiger partial charge in [0.25, 0.3) is 6.43 Å². The van der Waals surface area contributed by atoms with Crippen LogP contribution in [-0.2, 0) is 4.74 Å². The smallest absolute Gasteiger partial charge is 0.261 e. The second kappa shape index (κ2) is 7.60. The van der Waals surface area contributed by atoms with Crippen molar-refractivity contribution in [2.75, 3.05) is 25.1 Å². The van der Waals surface area contributed by atoms with E-state index >= 15 is 0 Å². The number of halogens is 3. The van der Waals surface area contributed by atoms with E-state index in [4.69, 9.17) is 22.7 Å². The Balaban J connectivity index is 2.41. The van der Waals surface area contributed by atoms with Gasteiger partial charge in [-0.1, -0.05) is 12.2 Å². The first-order valence-corrected chi connectivity index (χ1v) is 6.40. The summed E-state index contributed by atoms with van der Waals surface area (Å²) in [6.07, 6.45) is -2.43. The van der Waals surface area contributed by atoms with Crippen LogP contribution in [0.1, 0.15) is 5.56 Å². The van der Waals surface area contributed by atoms with E-state index in [-0.39, 0.29) is 6.61 Å². The third-order valence-corrected chi connectivity index (χ3v) is 2.95. The highest BCUT2D eigenvalue weighted by Crippen LogP contribution is 2.23. The van der Waals surface area contributed by atoms with Gasteiger partial charge in [-0.15, -0.1) is 0 Å². The fourth-order valence-electron chi connectivity index (χ4n) is 1.24. The number of hydrogen-bond donors (Lipinski definition) is 2. The van der Waals surface area contributed by atoms with Gasteiger partial charge >= 0.3 is 0 Å². The van der Waals surface area contributed by atoms with Gasteiger partial charge in [-0.05, 0) is 34.1 Å². The summed E-state index contributed by atoms with van der Waals surface area (Å²) in [5, 5.41) is 3.05. The summed E-state index contributed by atoms with van der Waals surface area (Å²) in [6.45, 7) is 0.120. The lowest BCUT2D eigenvalue weighted by atomic mass is 10.2. The molecule has 0 bridgehead atoms. The average molecular weight is 339 g/mol. The molecule has 0 fully saturated rings. The molecule has 0 saturated heterocycles. The van der Waals surface area contributed by atoms with E-state index in [1.165, 1.54) is 0 Å². The van der Waals surface area contributed by atoms with E-state index < -0.39 is 13.0 Å². The average Bonchev–Trinajstić information content (AvgIpc) is 2.29. The van der Waals surface area contributed by atoms with Crippen LogP contribution in [0.3, 0.4) is 0 Å². The molecule has 1 aromatic carbocycles. The maximum absolute atomic E-state index is 11.8. The third-order valence-electron chi connectivity index (χ3n) is 2.06. The van der Waals surface area contributed by atoms with E-state index in [1.54, 1.807) is 12.1 Å². The molecule has 100 valence electrons. The molecule has 0 aliphatic rings. The van der Waals surface area contributed by atoms with Crippen molar-refractivity contribution in [3.05, 3.63) is 28.2 Å². The lowest BCUT2D eigenvalue weighted by molar-refractivity contribution is 0.0215. The van der Waals surface area contributed by atoms with Crippen molar-refractivity contribution in [2.45, 2.75) is 6.43 Å². The molecular formula is C11H13BrF2N2OS. The van der Waals surface area contributed by atoms with E-state index in [0.717, 1.165) is 15.7 Å². The zero-order chi connectivity index (χ0) is 13.5. The molecule has 0 atom stereocenters. The van der Waals surface area contributed by atoms with Crippen molar-refractivity contribution in [1.82, 2.24) is 0 Å². The van der Waals surface area contributed by atoms with Crippen LogP contribution in [0.2, 0.25) is 0 Å². The standard InChI is InChI=1S/C11H13BrF2N2OS/c12-8-5-7(11(15)18)1-2-9(8)16-3-4-17-6-10(13)14/h1-2,5,10,16H,3-4,6H2,(H2,15,18). The van der Waals surface area contributed by atoms with Gasteiger partial charge in [0.15, 0.2) is 0 Å². The highest BCUT2D eigenvalue weighted by molar-refractivity contribution is 9.10. The minimum Gasteiger partial charge on any atom is -0.389 e. The Morgan fingerprint density at radius 3 is 2.78 bits per heavy atom. The molecule has 0 aromatic heterocycles. The van der Waals surface area contributed by atoms with Gasteiger partial charge in [0, 0.05) is 22.3 Å². The quantitative estimate of drug-likeness (QED) is 0.592. The Morgan fingerprint density at radius 1 is 1.50 bits per heavy atom. The Bertz CT molecular complexity index is 418. The molecule has 0 spiro atoms. The Kier molecular flexibility index (Phi) is 6.45. The molecule has 0 heterocycles. The van der Waals surface area contributed by atoms with E-state index in [9.17, 15) is 8.78 Å². The highest BCUT2D eigenvalue weighted by Gasteiger charge is 2.04. The fraction of sp³-hybridized carbons (Fsp3) is 0.364. The van der Waals surface area contributed by atoms with Crippen molar-refractivity contribution in [2.24, 2.45) is 5.73 Å². The molecule has 3 N–H and O–H groups in total. The lowest BCUT2D eigenvalue weighted by Gasteiger charge is -2.10. The van der Waals surface area contributed by atoms with E-state index in [2.05, 4.69) is 21.2 Å². The number of alkyl halides is 2. The normalized spacial score (nSPS) is 10.7. The van der Waals surface area contributed by atoms with Gasteiger partial charge in [-0.3, -0.25) is 0 Å². The summed E-state index contributed by atoms with van der Waals surface area (Å²) in [5.74, 6) is 0. The van der Waals surface area contributed by atoms with Crippen LogP contribution < -0.4 is 11.1 Å². The topological polar surface area (TPSA) is 47.3 Å². The first-order valence-electron chi connectivity index (χ1n) is 5.20. The maximum atomic E-state index is 11.8. The number of thiocarbonyl (C=S) groups is 1. The molecule has 1 aromatic rings. The summed E-state index contributed by atoms with van der Waals surface area (Å²) in [7, 11) is 0. The summed E-state index contributed by atoms with van der Waals surface area (Å²) in [4.78, 5) is 0.322. The van der Waals surface area contributed by atoms with Gasteiger partial charge in [0.1, 0.15) is 11.6 Å². The van der Waals surface area contributed by atoms with Crippen LogP contribution in [-0.4, -0.2) is 31.2 Å². The van der Waals surface area contributed by atoms with Crippen molar-refractivity contribution < 1.29 is 13.5 Å². The van der Waals surface area contributed by atoms with Gasteiger partial charge in [-0.25, -0.2) is 8.78 Å². The fourth-order valence-corrected chi connectivity index (χ4v) is 1.89. The predicted molar refractivity (Wildman–Crippen MR) is 75.3 cm³/mol. The third kappa shape index (κ3) is 5.24. The maximum Gasteiger partial charge on any atom is 0.261 e. The number of ether oxygens (including phenoxy) is 1. The van der Waals surface area contributed by atoms with Crippen molar-refractivity contribution in [3.63, 3.8) is 0 Å². The monoisotopic (exact) mass is 338 g/mol. The summed E-state index contributed by atoms with van der Waals surface area (Å²) in [5.41, 5.74) is 7.09. The first-order chi connectivity index (χ1) is 8.50. The minimum atomic E-state index is -2.43. The Hall–Kier alpha value is -0.790. The zero-order valence-electron chi connectivity index (χ0n) is 9.46. The Labute approximate surface area is 118 Å². The van der Waals surface area contributed by atoms with E-state index in [0.29, 0.717) is 11.5 Å². The SMILES string of the molecule is NC(=S)c1ccc(NCCOCC(F)F)c(Br)c1. The van der Waals surface area contributed by atoms with Crippen molar-refractivity contribution in [1.29, 1.82) is 0 Å². The van der Waals surface area contributed by atoms with Crippen molar-refractivity contribution in [3.8, 4) is 0 Å². The molecule has 0 amide bonds. The molecule has 0 saturated carbocycles. The molecule has 0 radical (unpaired) electrons. The Morgan fingerprint density at radius 2 is 2.22 bits per heavy atom. The van der Waals surface area contributed by atoms with Gasteiger partial charge in [0.2, 0.25) is 0 Å². The highest BCUT2D eigenvalue weighted by atomic mass is 79.9. The van der Waals surface area contributed by atoms with Crippen LogP contribution in [0.5, 0.6) is 0 Å². The molecule has 7 heteroatoms. The first kappa shape index (κ1) is 15.3. The van der Waals surface area contributed by atoms with Crippen molar-refractivity contribution >= 4 is 38.8 Å². The largest absolute Gasteiger partial charge is 0.389 e. The number of anilines is 1. The van der Waals surface area contributed by atoms with Crippen LogP contribution >= 0.6 is 28.1 Å². The van der Waals surface area contributed by atoms with Gasteiger partial charge in [0.05, 0.1) is 6.61 Å². The predicted octanol–water partition coefficient (Wildman–Crippen LogP) is 2.78. The molecule has 1 rings (SSSR count). The van der Waals surface area contributed by atoms with Gasteiger partial charge < -0.3 is 15.8 Å². The van der Waals surface area contributed by atoms with Crippen LogP contribution in [0.15, 0.2) is 22.7 Å². The second-order valence-corrected chi connectivity index (χ2v) is 4.75. The van der Waals surface area contributed by atoms with Gasteiger partial charge in [-0.2, -0.15) is 0 Å². The summed E-state index contributed by atoms with van der Waals surface area (Å²) < 4.78 is 29.1. The molecule has 0 unspecified atom stereocenters. The number of benzene rings is 1. The van der Waals surface area contributed by atoms with Crippen LogP contribution in [0.4, 0.5) is 14.5 Å². The molecule has 0 aliphatic heterocycles. The number of nitrogens with two attached hydrogens (primary N) is 1. The molecular weight excluding hydrogens is 326 g/mol. The summed E-state index contributed by atoms with van der Waals surface area (Å²) in [6, 6.07) is 5.39. The summed E-state index contributed by atoms with van der Waals surface area (Å²) >= 11 is 8.23.